The van der Waals surface area contributed by atoms with Gasteiger partial charge in [0.25, 0.3) is 0 Å². The van der Waals surface area contributed by atoms with Gasteiger partial charge in [0.05, 0.1) is 0 Å². The van der Waals surface area contributed by atoms with Crippen LogP contribution in [0.15, 0.2) is 0 Å². The fraction of sp³-hybridized carbons (Fsp3) is 1.00. The number of alkyl halides is 2. The van der Waals surface area contributed by atoms with E-state index in [1.165, 1.54) is 0 Å². The van der Waals surface area contributed by atoms with Crippen LogP contribution in [0.2, 0.25) is 11.6 Å². The monoisotopic (exact) mass is 240 g/mol. The van der Waals surface area contributed by atoms with Gasteiger partial charge in [-0.1, -0.05) is 0 Å². The topological polar surface area (TPSA) is 0 Å². The molecule has 0 aliphatic rings. The average molecular weight is 242 g/mol. The molecule has 0 radical (unpaired) electrons. The van der Waals surface area contributed by atoms with E-state index in [9.17, 15) is 0 Å². The van der Waals surface area contributed by atoms with Crippen LogP contribution in [0.3, 0.4) is 0 Å². The fourth-order valence-corrected chi connectivity index (χ4v) is 6.66. The predicted molar refractivity (Wildman–Crippen MR) is 52.8 cm³/mol. The van der Waals surface area contributed by atoms with Crippen LogP contribution >= 0.6 is 45.4 Å². The Hall–Kier alpha value is 1.59. The van der Waals surface area contributed by atoms with Crippen LogP contribution in [0.5, 0.6) is 0 Å². The van der Waals surface area contributed by atoms with Crippen molar-refractivity contribution in [2.75, 3.05) is 0 Å². The Labute approximate surface area is 79.2 Å². The molecule has 0 aliphatic carbocycles. The summed E-state index contributed by atoms with van der Waals surface area (Å²) in [6, 6.07) is 0.840. The lowest BCUT2D eigenvalue weighted by Crippen LogP contribution is -2.07. The van der Waals surface area contributed by atoms with Crippen LogP contribution in [0, 0.1) is 0 Å². The Bertz CT molecular complexity index is 76.2. The van der Waals surface area contributed by atoms with E-state index in [2.05, 4.69) is 0 Å². The Morgan fingerprint density at radius 3 is 1.89 bits per heavy atom. The number of hydrogen-bond acceptors (Lipinski definition) is 0. The molecule has 56 valence electrons. The molecule has 0 aromatic rings. The van der Waals surface area contributed by atoms with E-state index in [1.54, 1.807) is 0 Å². The Kier molecular flexibility index (Phi) is 6.20. The molecular weight excluding hydrogens is 234 g/mol. The highest BCUT2D eigenvalue weighted by Gasteiger charge is 2.15. The summed E-state index contributed by atoms with van der Waals surface area (Å²) in [7, 11) is -0.501. The molecule has 0 bridgehead atoms. The molecule has 1 unspecified atom stereocenters. The smallest absolute Gasteiger partial charge is 0.150 e. The maximum absolute atomic E-state index is 5.63. The van der Waals surface area contributed by atoms with Gasteiger partial charge in [0, 0.05) is 10.2 Å². The lowest BCUT2D eigenvalue weighted by atomic mass is 10.5. The van der Waals surface area contributed by atoms with Crippen molar-refractivity contribution in [3.8, 4) is 0 Å². The third-order valence-corrected chi connectivity index (χ3v) is 6.94. The second kappa shape index (κ2) is 5.27. The molecule has 0 spiro atoms. The van der Waals surface area contributed by atoms with Crippen LogP contribution in [0.1, 0.15) is 0 Å². The summed E-state index contributed by atoms with van der Waals surface area (Å²) in [6.45, 7) is 0. The summed E-state index contributed by atoms with van der Waals surface area (Å²) in [6.07, 6.45) is 0. The average Bonchev–Trinajstić information content (AvgIpc) is 1.63. The van der Waals surface area contributed by atoms with E-state index in [1.807, 2.05) is 0 Å². The summed E-state index contributed by atoms with van der Waals surface area (Å²) >= 11 is 22.4. The summed E-state index contributed by atoms with van der Waals surface area (Å²) in [5.74, 6) is 0. The molecular formula is C3H8Cl4Si2. The van der Waals surface area contributed by atoms with E-state index in [-0.39, 0.29) is 4.84 Å². The van der Waals surface area contributed by atoms with Gasteiger partial charge >= 0.3 is 0 Å². The highest BCUT2D eigenvalue weighted by molar-refractivity contribution is 7.33. The molecule has 0 fully saturated rings. The molecule has 0 heterocycles. The lowest BCUT2D eigenvalue weighted by Gasteiger charge is -2.10. The second-order valence-corrected chi connectivity index (χ2v) is 9.67. The Morgan fingerprint density at radius 1 is 1.33 bits per heavy atom. The van der Waals surface area contributed by atoms with E-state index in [0.29, 0.717) is 5.54 Å². The van der Waals surface area contributed by atoms with Gasteiger partial charge in [0.1, 0.15) is 4.84 Å². The van der Waals surface area contributed by atoms with Gasteiger partial charge < -0.3 is 0 Å². The largest absolute Gasteiger partial charge is 0.237 e. The van der Waals surface area contributed by atoms with Crippen LogP contribution in [0.4, 0.5) is 0 Å². The molecule has 0 rings (SSSR count). The first-order chi connectivity index (χ1) is 4.04. The van der Waals surface area contributed by atoms with Gasteiger partial charge in [0.2, 0.25) is 7.42 Å². The zero-order valence-corrected chi connectivity index (χ0v) is 11.1. The number of halogens is 4. The van der Waals surface area contributed by atoms with E-state index < -0.39 is 7.42 Å². The summed E-state index contributed by atoms with van der Waals surface area (Å²) in [5.41, 5.74) is 0.361. The van der Waals surface area contributed by atoms with Gasteiger partial charge in [-0.15, -0.1) is 23.2 Å². The van der Waals surface area contributed by atoms with Crippen LogP contribution < -0.4 is 0 Å². The van der Waals surface area contributed by atoms with E-state index in [0.717, 1.165) is 16.3 Å². The van der Waals surface area contributed by atoms with Crippen molar-refractivity contribution in [2.24, 2.45) is 0 Å². The van der Waals surface area contributed by atoms with Crippen LogP contribution in [-0.2, 0) is 0 Å². The molecule has 0 aromatic heterocycles. The molecule has 9 heavy (non-hydrogen) atoms. The second-order valence-electron chi connectivity index (χ2n) is 1.94. The molecule has 0 nitrogen and oxygen atoms in total. The highest BCUT2D eigenvalue weighted by atomic mass is 35.7. The fourth-order valence-electron chi connectivity index (χ4n) is 0.384. The lowest BCUT2D eigenvalue weighted by molar-refractivity contribution is 1.02. The zero-order chi connectivity index (χ0) is 7.44. The molecule has 0 N–H and O–H groups in total. The first kappa shape index (κ1) is 10.6. The standard InChI is InChI=1S/C3H8Cl4Si2/c4-3(5)2(8)1-9(6)7/h2-3,9H,1H2,8H3. The van der Waals surface area contributed by atoms with E-state index >= 15 is 0 Å². The van der Waals surface area contributed by atoms with Crippen LogP contribution in [-0.4, -0.2) is 22.5 Å². The highest BCUT2D eigenvalue weighted by Crippen LogP contribution is 2.25. The van der Waals surface area contributed by atoms with Crippen molar-refractivity contribution in [3.05, 3.63) is 0 Å². The van der Waals surface area contributed by atoms with Gasteiger partial charge in [-0.2, -0.15) is 22.2 Å². The quantitative estimate of drug-likeness (QED) is 0.401. The molecule has 0 aliphatic heterocycles. The van der Waals surface area contributed by atoms with Gasteiger partial charge in [-0.05, 0) is 11.6 Å². The van der Waals surface area contributed by atoms with Crippen LogP contribution in [0.25, 0.3) is 0 Å². The van der Waals surface area contributed by atoms with Crippen molar-refractivity contribution in [3.63, 3.8) is 0 Å². The maximum atomic E-state index is 5.63. The maximum Gasteiger partial charge on any atom is 0.237 e. The normalized spacial score (nSPS) is 15.3. The minimum atomic E-state index is -1.47. The zero-order valence-electron chi connectivity index (χ0n) is 4.95. The summed E-state index contributed by atoms with van der Waals surface area (Å²) < 4.78 is 0. The SMILES string of the molecule is [SiH3]C(C[SiH](Cl)Cl)C(Cl)Cl. The van der Waals surface area contributed by atoms with Gasteiger partial charge in [0.15, 0.2) is 0 Å². The van der Waals surface area contributed by atoms with Crippen molar-refractivity contribution >= 4 is 63.0 Å². The van der Waals surface area contributed by atoms with Gasteiger partial charge in [-0.3, -0.25) is 0 Å². The Morgan fingerprint density at radius 2 is 1.78 bits per heavy atom. The summed E-state index contributed by atoms with van der Waals surface area (Å²) in [5, 5.41) is 0. The third kappa shape index (κ3) is 6.01. The molecule has 6 heteroatoms. The third-order valence-electron chi connectivity index (χ3n) is 0.980. The molecule has 0 aromatic carbocycles. The first-order valence-corrected chi connectivity index (χ1v) is 8.94. The number of hydrogen-bond donors (Lipinski definition) is 0. The predicted octanol–water partition coefficient (Wildman–Crippen LogP) is 1.64. The molecule has 0 amide bonds. The van der Waals surface area contributed by atoms with Crippen molar-refractivity contribution in [1.82, 2.24) is 0 Å². The minimum Gasteiger partial charge on any atom is -0.150 e. The van der Waals surface area contributed by atoms with Crippen molar-refractivity contribution in [1.29, 1.82) is 0 Å². The minimum absolute atomic E-state index is 0.274. The Balaban J connectivity index is 3.38. The van der Waals surface area contributed by atoms with Crippen molar-refractivity contribution < 1.29 is 0 Å². The summed E-state index contributed by atoms with van der Waals surface area (Å²) in [4.78, 5) is -0.274. The molecule has 0 saturated carbocycles. The first-order valence-electron chi connectivity index (χ1n) is 2.60. The van der Waals surface area contributed by atoms with Gasteiger partial charge in [-0.25, -0.2) is 0 Å². The van der Waals surface area contributed by atoms with E-state index in [4.69, 9.17) is 45.4 Å². The molecule has 1 atom stereocenters. The molecule has 0 saturated heterocycles. The number of rotatable bonds is 3. The van der Waals surface area contributed by atoms with Crippen molar-refractivity contribution in [2.45, 2.75) is 16.4 Å².